The van der Waals surface area contributed by atoms with Crippen LogP contribution in [0.4, 0.5) is 0 Å². The number of ether oxygens (including phenoxy) is 1. The van der Waals surface area contributed by atoms with Crippen molar-refractivity contribution in [2.24, 2.45) is 0 Å². The van der Waals surface area contributed by atoms with Crippen molar-refractivity contribution in [1.82, 2.24) is 0 Å². The summed E-state index contributed by atoms with van der Waals surface area (Å²) >= 11 is 0. The highest BCUT2D eigenvalue weighted by molar-refractivity contribution is 6.83. The van der Waals surface area contributed by atoms with Gasteiger partial charge in [-0.05, 0) is 25.3 Å². The zero-order valence-electron chi connectivity index (χ0n) is 15.8. The van der Waals surface area contributed by atoms with Crippen LogP contribution in [0.25, 0.3) is 0 Å². The number of carbonyl (C=O) groups is 1. The Hall–Kier alpha value is -1.35. The number of methoxy groups -OCH3 is 1. The van der Waals surface area contributed by atoms with Gasteiger partial charge in [0.05, 0.1) is 15.2 Å². The summed E-state index contributed by atoms with van der Waals surface area (Å²) in [5, 5.41) is 1.50. The Labute approximate surface area is 149 Å². The number of benzene rings is 1. The maximum Gasteiger partial charge on any atom is 0.305 e. The van der Waals surface area contributed by atoms with Crippen LogP contribution in [0.1, 0.15) is 56.9 Å². The van der Waals surface area contributed by atoms with Crippen LogP contribution in [0.15, 0.2) is 42.1 Å². The van der Waals surface area contributed by atoms with Crippen molar-refractivity contribution in [3.63, 3.8) is 0 Å². The minimum absolute atomic E-state index is 0.0862. The lowest BCUT2D eigenvalue weighted by molar-refractivity contribution is -0.140. The summed E-state index contributed by atoms with van der Waals surface area (Å²) in [6, 6.07) is 12.0. The van der Waals surface area contributed by atoms with Crippen LogP contribution in [-0.4, -0.2) is 21.2 Å². The molecule has 2 nitrogen and oxygen atoms in total. The van der Waals surface area contributed by atoms with Gasteiger partial charge >= 0.3 is 5.97 Å². The average Bonchev–Trinajstić information content (AvgIpc) is 2.57. The van der Waals surface area contributed by atoms with E-state index in [9.17, 15) is 4.79 Å². The minimum Gasteiger partial charge on any atom is -0.469 e. The van der Waals surface area contributed by atoms with Crippen molar-refractivity contribution in [2.75, 3.05) is 7.11 Å². The topological polar surface area (TPSA) is 26.3 Å². The fourth-order valence-electron chi connectivity index (χ4n) is 2.99. The summed E-state index contributed by atoms with van der Waals surface area (Å²) in [4.78, 5) is 11.0. The van der Waals surface area contributed by atoms with Gasteiger partial charge in [0.25, 0.3) is 0 Å². The van der Waals surface area contributed by atoms with Crippen LogP contribution in [0.2, 0.25) is 13.1 Å². The molecular formula is C21H34O2Si. The maximum absolute atomic E-state index is 11.0. The molecule has 0 bridgehead atoms. The molecule has 0 N–H and O–H groups in total. The first kappa shape index (κ1) is 20.7. The third-order valence-corrected chi connectivity index (χ3v) is 8.24. The van der Waals surface area contributed by atoms with Crippen molar-refractivity contribution < 1.29 is 9.53 Å². The van der Waals surface area contributed by atoms with Crippen LogP contribution in [0.3, 0.4) is 0 Å². The standard InChI is InChI=1S/C21H34O2Si/c1-19(24(3,4)18-20-15-11-9-12-16-20)14-10-7-5-6-8-13-17-21(22)23-2/h9,11-12,15-16H,1,5-8,10,13-14,17-18H2,2-4H3. The van der Waals surface area contributed by atoms with Gasteiger partial charge in [0.2, 0.25) is 0 Å². The van der Waals surface area contributed by atoms with E-state index < -0.39 is 8.07 Å². The summed E-state index contributed by atoms with van der Waals surface area (Å²) in [5.74, 6) is -0.0862. The lowest BCUT2D eigenvalue weighted by Gasteiger charge is -2.25. The van der Waals surface area contributed by atoms with Gasteiger partial charge in [-0.1, -0.05) is 79.9 Å². The first-order valence-electron chi connectivity index (χ1n) is 9.24. The van der Waals surface area contributed by atoms with Crippen LogP contribution < -0.4 is 0 Å². The molecule has 0 aliphatic rings. The summed E-state index contributed by atoms with van der Waals surface area (Å²) in [6.45, 7) is 9.29. The van der Waals surface area contributed by atoms with Crippen molar-refractivity contribution in [1.29, 1.82) is 0 Å². The largest absolute Gasteiger partial charge is 0.469 e. The molecule has 0 unspecified atom stereocenters. The van der Waals surface area contributed by atoms with Crippen molar-refractivity contribution >= 4 is 14.0 Å². The van der Waals surface area contributed by atoms with Crippen LogP contribution in [-0.2, 0) is 15.6 Å². The van der Waals surface area contributed by atoms with Gasteiger partial charge in [-0.3, -0.25) is 4.79 Å². The van der Waals surface area contributed by atoms with E-state index in [1.54, 1.807) is 0 Å². The van der Waals surface area contributed by atoms with Gasteiger partial charge in [-0.2, -0.15) is 0 Å². The van der Waals surface area contributed by atoms with Gasteiger partial charge in [-0.25, -0.2) is 0 Å². The Bertz CT molecular complexity index is 494. The molecule has 1 rings (SSSR count). The molecule has 0 radical (unpaired) electrons. The lowest BCUT2D eigenvalue weighted by atomic mass is 10.1. The fraction of sp³-hybridized carbons (Fsp3) is 0.571. The number of hydrogen-bond donors (Lipinski definition) is 0. The molecule has 24 heavy (non-hydrogen) atoms. The molecule has 0 spiro atoms. The first-order chi connectivity index (χ1) is 11.5. The molecule has 0 saturated carbocycles. The third-order valence-electron chi connectivity index (χ3n) is 4.78. The highest BCUT2D eigenvalue weighted by Gasteiger charge is 2.24. The van der Waals surface area contributed by atoms with Gasteiger partial charge in [0.1, 0.15) is 0 Å². The normalized spacial score (nSPS) is 11.3. The molecule has 0 amide bonds. The lowest BCUT2D eigenvalue weighted by Crippen LogP contribution is -2.32. The zero-order chi connectivity index (χ0) is 17.8. The zero-order valence-corrected chi connectivity index (χ0v) is 16.8. The predicted octanol–water partition coefficient (Wildman–Crippen LogP) is 5.87. The Morgan fingerprint density at radius 2 is 1.50 bits per heavy atom. The fourth-order valence-corrected chi connectivity index (χ4v) is 5.35. The number of rotatable bonds is 12. The summed E-state index contributed by atoms with van der Waals surface area (Å²) < 4.78 is 4.65. The quantitative estimate of drug-likeness (QED) is 0.269. The number of unbranched alkanes of at least 4 members (excludes halogenated alkanes) is 5. The van der Waals surface area contributed by atoms with Gasteiger partial charge in [-0.15, -0.1) is 6.58 Å². The SMILES string of the molecule is C=C(CCCCCCCCC(=O)OC)[Si](C)(C)Cc1ccccc1. The monoisotopic (exact) mass is 346 g/mol. The van der Waals surface area contributed by atoms with E-state index in [4.69, 9.17) is 0 Å². The van der Waals surface area contributed by atoms with Crippen LogP contribution in [0.5, 0.6) is 0 Å². The Morgan fingerprint density at radius 3 is 2.08 bits per heavy atom. The predicted molar refractivity (Wildman–Crippen MR) is 106 cm³/mol. The third kappa shape index (κ3) is 8.49. The second kappa shape index (κ2) is 11.2. The molecular weight excluding hydrogens is 312 g/mol. The first-order valence-corrected chi connectivity index (χ1v) is 12.5. The molecule has 134 valence electrons. The molecule has 1 aromatic rings. The number of hydrogen-bond acceptors (Lipinski definition) is 2. The molecule has 3 heteroatoms. The molecule has 0 aliphatic heterocycles. The summed E-state index contributed by atoms with van der Waals surface area (Å²) in [6.07, 6.45) is 8.82. The molecule has 0 heterocycles. The second-order valence-corrected chi connectivity index (χ2v) is 12.2. The average molecular weight is 347 g/mol. The Balaban J connectivity index is 2.13. The smallest absolute Gasteiger partial charge is 0.305 e. The van der Waals surface area contributed by atoms with E-state index in [0.29, 0.717) is 6.42 Å². The highest BCUT2D eigenvalue weighted by atomic mass is 28.3. The van der Waals surface area contributed by atoms with Crippen molar-refractivity contribution in [3.8, 4) is 0 Å². The summed E-state index contributed by atoms with van der Waals surface area (Å²) in [7, 11) is 0.0648. The van der Waals surface area contributed by atoms with Crippen LogP contribution in [0, 0.1) is 0 Å². The van der Waals surface area contributed by atoms with Crippen LogP contribution >= 0.6 is 0 Å². The van der Waals surface area contributed by atoms with Gasteiger partial charge in [0.15, 0.2) is 0 Å². The van der Waals surface area contributed by atoms with E-state index in [1.807, 2.05) is 0 Å². The maximum atomic E-state index is 11.0. The van der Waals surface area contributed by atoms with Gasteiger partial charge in [0, 0.05) is 6.42 Å². The molecule has 0 atom stereocenters. The minimum atomic E-state index is -1.39. The van der Waals surface area contributed by atoms with E-state index >= 15 is 0 Å². The molecule has 0 fully saturated rings. The van der Waals surface area contributed by atoms with E-state index in [1.165, 1.54) is 56.0 Å². The Kier molecular flexibility index (Phi) is 9.69. The number of carbonyl (C=O) groups excluding carboxylic acids is 1. The van der Waals surface area contributed by atoms with E-state index in [0.717, 1.165) is 12.8 Å². The van der Waals surface area contributed by atoms with Crippen molar-refractivity contribution in [2.45, 2.75) is 70.5 Å². The molecule has 0 aromatic heterocycles. The van der Waals surface area contributed by atoms with E-state index in [2.05, 4.69) is 54.7 Å². The number of esters is 1. The van der Waals surface area contributed by atoms with Gasteiger partial charge < -0.3 is 4.74 Å². The number of allylic oxidation sites excluding steroid dienone is 1. The molecule has 1 aromatic carbocycles. The Morgan fingerprint density at radius 1 is 0.958 bits per heavy atom. The van der Waals surface area contributed by atoms with E-state index in [-0.39, 0.29) is 5.97 Å². The highest BCUT2D eigenvalue weighted by Crippen LogP contribution is 2.23. The second-order valence-electron chi connectivity index (χ2n) is 7.35. The summed E-state index contributed by atoms with van der Waals surface area (Å²) in [5.41, 5.74) is 1.45. The molecule has 0 saturated heterocycles. The van der Waals surface area contributed by atoms with Crippen molar-refractivity contribution in [3.05, 3.63) is 47.7 Å². The molecule has 0 aliphatic carbocycles.